The summed E-state index contributed by atoms with van der Waals surface area (Å²) in [6.45, 7) is 3.93. The monoisotopic (exact) mass is 538 g/mol. The standard InChI is InChI=1S/C27H23ClN2O4S2/c1-3-33-22-14-18(13-21(28)25(22)34-16-24(31)29-19-7-5-4-6-8-19)15-23-26(32)30(27(35)36-23)20-11-9-17(2)10-12-20/h4-15H,3,16H2,1-2H3,(H,29,31)/b23-15-. The number of thiocarbonyl (C=S) groups is 1. The molecule has 184 valence electrons. The summed E-state index contributed by atoms with van der Waals surface area (Å²) in [6, 6.07) is 20.1. The highest BCUT2D eigenvalue weighted by Gasteiger charge is 2.33. The van der Waals surface area contributed by atoms with E-state index < -0.39 is 0 Å². The maximum Gasteiger partial charge on any atom is 0.270 e. The molecule has 2 amide bonds. The van der Waals surface area contributed by atoms with Crippen LogP contribution in [0.3, 0.4) is 0 Å². The number of hydrogen-bond donors (Lipinski definition) is 1. The van der Waals surface area contributed by atoms with Gasteiger partial charge in [0, 0.05) is 5.69 Å². The summed E-state index contributed by atoms with van der Waals surface area (Å²) in [5.74, 6) is 0.0910. The third-order valence-corrected chi connectivity index (χ3v) is 6.70. The van der Waals surface area contributed by atoms with Crippen LogP contribution in [0.25, 0.3) is 6.08 Å². The molecule has 0 bridgehead atoms. The van der Waals surface area contributed by atoms with Gasteiger partial charge in [-0.2, -0.15) is 0 Å². The molecule has 0 aliphatic carbocycles. The quantitative estimate of drug-likeness (QED) is 0.262. The number of amides is 2. The number of carbonyl (C=O) groups is 2. The Morgan fingerprint density at radius 2 is 1.83 bits per heavy atom. The molecule has 1 N–H and O–H groups in total. The smallest absolute Gasteiger partial charge is 0.270 e. The first-order valence-electron chi connectivity index (χ1n) is 11.1. The summed E-state index contributed by atoms with van der Waals surface area (Å²) in [7, 11) is 0. The van der Waals surface area contributed by atoms with E-state index in [-0.39, 0.29) is 29.2 Å². The van der Waals surface area contributed by atoms with Crippen LogP contribution in [0.15, 0.2) is 71.6 Å². The summed E-state index contributed by atoms with van der Waals surface area (Å²) in [5, 5.41) is 3.02. The SMILES string of the molecule is CCOc1cc(/C=C2\SC(=S)N(c3ccc(C)cc3)C2=O)cc(Cl)c1OCC(=O)Nc1ccccc1. The van der Waals surface area contributed by atoms with Crippen molar-refractivity contribution < 1.29 is 19.1 Å². The van der Waals surface area contributed by atoms with Crippen LogP contribution in [-0.4, -0.2) is 29.3 Å². The molecule has 1 aliphatic rings. The van der Waals surface area contributed by atoms with E-state index in [0.29, 0.717) is 32.8 Å². The molecular weight excluding hydrogens is 516 g/mol. The van der Waals surface area contributed by atoms with Gasteiger partial charge in [-0.15, -0.1) is 0 Å². The molecule has 1 saturated heterocycles. The van der Waals surface area contributed by atoms with Crippen LogP contribution in [0, 0.1) is 6.92 Å². The number of carbonyl (C=O) groups excluding carboxylic acids is 2. The van der Waals surface area contributed by atoms with Crippen molar-refractivity contribution in [2.45, 2.75) is 13.8 Å². The maximum absolute atomic E-state index is 13.1. The minimum absolute atomic E-state index is 0.208. The molecule has 0 spiro atoms. The molecule has 0 saturated carbocycles. The van der Waals surface area contributed by atoms with Crippen molar-refractivity contribution in [1.82, 2.24) is 0 Å². The predicted octanol–water partition coefficient (Wildman–Crippen LogP) is 6.47. The topological polar surface area (TPSA) is 67.9 Å². The van der Waals surface area contributed by atoms with Crippen molar-refractivity contribution >= 4 is 69.2 Å². The Kier molecular flexibility index (Phi) is 8.30. The normalized spacial score (nSPS) is 14.3. The van der Waals surface area contributed by atoms with Crippen LogP contribution in [-0.2, 0) is 9.59 Å². The fourth-order valence-corrected chi connectivity index (χ4v) is 5.04. The van der Waals surface area contributed by atoms with E-state index in [4.69, 9.17) is 33.3 Å². The van der Waals surface area contributed by atoms with E-state index in [0.717, 1.165) is 11.3 Å². The summed E-state index contributed by atoms with van der Waals surface area (Å²) < 4.78 is 11.9. The Labute approximate surface area is 224 Å². The highest BCUT2D eigenvalue weighted by molar-refractivity contribution is 8.27. The Bertz CT molecular complexity index is 1330. The van der Waals surface area contributed by atoms with E-state index in [1.165, 1.54) is 16.7 Å². The van der Waals surface area contributed by atoms with Gasteiger partial charge in [-0.3, -0.25) is 14.5 Å². The lowest BCUT2D eigenvalue weighted by Gasteiger charge is -2.15. The van der Waals surface area contributed by atoms with Crippen molar-refractivity contribution in [3.8, 4) is 11.5 Å². The Morgan fingerprint density at radius 1 is 1.11 bits per heavy atom. The fourth-order valence-electron chi connectivity index (χ4n) is 3.47. The first-order valence-corrected chi connectivity index (χ1v) is 12.7. The largest absolute Gasteiger partial charge is 0.490 e. The number of nitrogens with one attached hydrogen (secondary N) is 1. The van der Waals surface area contributed by atoms with Crippen LogP contribution in [0.1, 0.15) is 18.1 Å². The summed E-state index contributed by atoms with van der Waals surface area (Å²) in [6.07, 6.45) is 1.72. The minimum atomic E-state index is -0.330. The first kappa shape index (κ1) is 25.8. The van der Waals surface area contributed by atoms with Crippen molar-refractivity contribution in [3.05, 3.63) is 87.8 Å². The van der Waals surface area contributed by atoms with Crippen LogP contribution in [0.4, 0.5) is 11.4 Å². The van der Waals surface area contributed by atoms with Crippen molar-refractivity contribution in [3.63, 3.8) is 0 Å². The molecule has 0 radical (unpaired) electrons. The molecule has 1 aliphatic heterocycles. The third kappa shape index (κ3) is 6.07. The molecule has 1 fully saturated rings. The molecule has 9 heteroatoms. The molecule has 0 atom stereocenters. The highest BCUT2D eigenvalue weighted by atomic mass is 35.5. The zero-order chi connectivity index (χ0) is 25.7. The van der Waals surface area contributed by atoms with Crippen LogP contribution >= 0.6 is 35.6 Å². The van der Waals surface area contributed by atoms with E-state index in [1.807, 2.05) is 56.3 Å². The van der Waals surface area contributed by atoms with Gasteiger partial charge in [-0.25, -0.2) is 0 Å². The number of nitrogens with zero attached hydrogens (tertiary/aromatic N) is 1. The van der Waals surface area contributed by atoms with E-state index >= 15 is 0 Å². The Balaban J connectivity index is 1.53. The number of halogens is 1. The van der Waals surface area contributed by atoms with E-state index in [2.05, 4.69) is 5.32 Å². The van der Waals surface area contributed by atoms with Gasteiger partial charge in [-0.05, 0) is 61.9 Å². The summed E-state index contributed by atoms with van der Waals surface area (Å²) in [5.41, 5.74) is 3.13. The Morgan fingerprint density at radius 3 is 2.53 bits per heavy atom. The molecule has 3 aromatic rings. The van der Waals surface area contributed by atoms with Gasteiger partial charge in [0.25, 0.3) is 11.8 Å². The predicted molar refractivity (Wildman–Crippen MR) is 150 cm³/mol. The number of anilines is 2. The van der Waals surface area contributed by atoms with E-state index in [9.17, 15) is 9.59 Å². The number of para-hydroxylation sites is 1. The molecule has 0 aromatic heterocycles. The zero-order valence-electron chi connectivity index (χ0n) is 19.6. The Hall–Kier alpha value is -3.33. The molecule has 0 unspecified atom stereocenters. The number of thioether (sulfide) groups is 1. The molecular formula is C27H23ClN2O4S2. The maximum atomic E-state index is 13.1. The molecule has 4 rings (SSSR count). The number of aryl methyl sites for hydroxylation is 1. The van der Waals surface area contributed by atoms with Crippen LogP contribution < -0.4 is 19.7 Å². The van der Waals surface area contributed by atoms with Crippen LogP contribution in [0.2, 0.25) is 5.02 Å². The van der Waals surface area contributed by atoms with Gasteiger partial charge in [0.05, 0.1) is 22.2 Å². The fraction of sp³-hybridized carbons (Fsp3) is 0.148. The average molecular weight is 539 g/mol. The lowest BCUT2D eigenvalue weighted by atomic mass is 10.1. The van der Waals surface area contributed by atoms with Gasteiger partial charge in [0.2, 0.25) is 0 Å². The number of ether oxygens (including phenoxy) is 2. The minimum Gasteiger partial charge on any atom is -0.490 e. The van der Waals surface area contributed by atoms with Gasteiger partial charge in [-0.1, -0.05) is 71.5 Å². The van der Waals surface area contributed by atoms with Gasteiger partial charge in [0.1, 0.15) is 0 Å². The number of benzene rings is 3. The van der Waals surface area contributed by atoms with Crippen molar-refractivity contribution in [2.24, 2.45) is 0 Å². The molecule has 36 heavy (non-hydrogen) atoms. The average Bonchev–Trinajstić information content (AvgIpc) is 3.12. The second kappa shape index (κ2) is 11.6. The van der Waals surface area contributed by atoms with Crippen molar-refractivity contribution in [2.75, 3.05) is 23.4 Å². The number of hydrogen-bond acceptors (Lipinski definition) is 6. The van der Waals surface area contributed by atoms with Gasteiger partial charge >= 0.3 is 0 Å². The number of rotatable bonds is 8. The highest BCUT2D eigenvalue weighted by Crippen LogP contribution is 2.40. The van der Waals surface area contributed by atoms with Gasteiger partial charge < -0.3 is 14.8 Å². The lowest BCUT2D eigenvalue weighted by molar-refractivity contribution is -0.118. The zero-order valence-corrected chi connectivity index (χ0v) is 22.0. The second-order valence-electron chi connectivity index (χ2n) is 7.82. The molecule has 6 nitrogen and oxygen atoms in total. The van der Waals surface area contributed by atoms with E-state index in [1.54, 1.807) is 30.3 Å². The third-order valence-electron chi connectivity index (χ3n) is 5.12. The van der Waals surface area contributed by atoms with Gasteiger partial charge in [0.15, 0.2) is 22.4 Å². The summed E-state index contributed by atoms with van der Waals surface area (Å²) in [4.78, 5) is 27.4. The lowest BCUT2D eigenvalue weighted by Crippen LogP contribution is -2.27. The first-order chi connectivity index (χ1) is 17.4. The summed E-state index contributed by atoms with van der Waals surface area (Å²) >= 11 is 13.2. The van der Waals surface area contributed by atoms with Crippen molar-refractivity contribution in [1.29, 1.82) is 0 Å². The second-order valence-corrected chi connectivity index (χ2v) is 9.90. The molecule has 3 aromatic carbocycles. The van der Waals surface area contributed by atoms with Crippen LogP contribution in [0.5, 0.6) is 11.5 Å². The molecule has 1 heterocycles.